The number of nitrogens with zero attached hydrogens (tertiary/aromatic N) is 1. The van der Waals surface area contributed by atoms with Gasteiger partial charge in [-0.1, -0.05) is 6.42 Å². The minimum absolute atomic E-state index is 0. The first-order valence-electron chi connectivity index (χ1n) is 4.12. The van der Waals surface area contributed by atoms with Crippen molar-refractivity contribution in [2.24, 2.45) is 0 Å². The summed E-state index contributed by atoms with van der Waals surface area (Å²) in [6, 6.07) is 0. The van der Waals surface area contributed by atoms with Gasteiger partial charge >= 0.3 is 0 Å². The predicted octanol–water partition coefficient (Wildman–Crippen LogP) is 1.83. The quantitative estimate of drug-likeness (QED) is 0.599. The molecule has 1 rings (SSSR count). The topological polar surface area (TPSA) is 20.3 Å². The van der Waals surface area contributed by atoms with E-state index in [1.54, 1.807) is 0 Å². The van der Waals surface area contributed by atoms with Gasteiger partial charge in [0.2, 0.25) is 5.91 Å². The zero-order chi connectivity index (χ0) is 7.40. The first-order chi connectivity index (χ1) is 4.84. The molecule has 1 heterocycles. The summed E-state index contributed by atoms with van der Waals surface area (Å²) < 4.78 is 0. The summed E-state index contributed by atoms with van der Waals surface area (Å²) in [5.41, 5.74) is 0. The van der Waals surface area contributed by atoms with Crippen LogP contribution in [0.2, 0.25) is 0 Å². The molecule has 2 nitrogen and oxygen atoms in total. The van der Waals surface area contributed by atoms with Crippen molar-refractivity contribution < 1.29 is 4.79 Å². The van der Waals surface area contributed by atoms with Gasteiger partial charge in [0.25, 0.3) is 0 Å². The maximum absolute atomic E-state index is 11.2. The van der Waals surface area contributed by atoms with E-state index in [-0.39, 0.29) is 12.4 Å². The Morgan fingerprint density at radius 2 is 2.09 bits per heavy atom. The molecule has 0 aromatic heterocycles. The molecule has 1 amide bonds. The monoisotopic (exact) mass is 177 g/mol. The van der Waals surface area contributed by atoms with Crippen LogP contribution in [0, 0.1) is 0 Å². The van der Waals surface area contributed by atoms with Crippen molar-refractivity contribution >= 4 is 18.3 Å². The molecule has 0 aromatic rings. The number of rotatable bonds is 1. The van der Waals surface area contributed by atoms with Crippen LogP contribution in [0.5, 0.6) is 0 Å². The Bertz CT molecular complexity index is 127. The highest BCUT2D eigenvalue weighted by molar-refractivity contribution is 5.85. The zero-order valence-electron chi connectivity index (χ0n) is 7.01. The fourth-order valence-electron chi connectivity index (χ4n) is 1.37. The molecule has 0 radical (unpaired) electrons. The molecule has 3 heteroatoms. The fraction of sp³-hybridized carbons (Fsp3) is 0.875. The second-order valence-electron chi connectivity index (χ2n) is 2.78. The van der Waals surface area contributed by atoms with Crippen LogP contribution in [0.4, 0.5) is 0 Å². The largest absolute Gasteiger partial charge is 0.343 e. The summed E-state index contributed by atoms with van der Waals surface area (Å²) >= 11 is 0. The van der Waals surface area contributed by atoms with Crippen molar-refractivity contribution in [3.63, 3.8) is 0 Å². The Morgan fingerprint density at radius 1 is 1.36 bits per heavy atom. The van der Waals surface area contributed by atoms with Gasteiger partial charge in [0.15, 0.2) is 0 Å². The molecule has 1 aliphatic heterocycles. The standard InChI is InChI=1S/C8H15NO.ClH/c1-2-9-7-5-3-4-6-8(9)10;/h2-7H2,1H3;1H. The van der Waals surface area contributed by atoms with Gasteiger partial charge in [0.05, 0.1) is 0 Å². The van der Waals surface area contributed by atoms with E-state index in [0.717, 1.165) is 25.9 Å². The van der Waals surface area contributed by atoms with Gasteiger partial charge in [-0.2, -0.15) is 0 Å². The second-order valence-corrected chi connectivity index (χ2v) is 2.78. The number of carbonyl (C=O) groups excluding carboxylic acids is 1. The lowest BCUT2D eigenvalue weighted by Gasteiger charge is -2.17. The number of carbonyl (C=O) groups is 1. The molecule has 66 valence electrons. The maximum atomic E-state index is 11.2. The van der Waals surface area contributed by atoms with E-state index < -0.39 is 0 Å². The first-order valence-corrected chi connectivity index (χ1v) is 4.12. The van der Waals surface area contributed by atoms with E-state index in [2.05, 4.69) is 0 Å². The highest BCUT2D eigenvalue weighted by Crippen LogP contribution is 2.09. The molecular formula is C8H16ClNO. The molecule has 0 bridgehead atoms. The maximum Gasteiger partial charge on any atom is 0.222 e. The Hall–Kier alpha value is -0.240. The molecule has 1 fully saturated rings. The summed E-state index contributed by atoms with van der Waals surface area (Å²) in [5.74, 6) is 0.347. The predicted molar refractivity (Wildman–Crippen MR) is 48.0 cm³/mol. The van der Waals surface area contributed by atoms with E-state index >= 15 is 0 Å². The van der Waals surface area contributed by atoms with Gasteiger partial charge in [0.1, 0.15) is 0 Å². The van der Waals surface area contributed by atoms with Crippen LogP contribution in [0.1, 0.15) is 32.6 Å². The Morgan fingerprint density at radius 3 is 2.73 bits per heavy atom. The van der Waals surface area contributed by atoms with E-state index in [1.807, 2.05) is 11.8 Å². The van der Waals surface area contributed by atoms with E-state index in [0.29, 0.717) is 5.91 Å². The highest BCUT2D eigenvalue weighted by atomic mass is 35.5. The van der Waals surface area contributed by atoms with E-state index in [1.165, 1.54) is 12.8 Å². The average molecular weight is 178 g/mol. The number of amides is 1. The van der Waals surface area contributed by atoms with Crippen molar-refractivity contribution in [2.75, 3.05) is 13.1 Å². The third-order valence-electron chi connectivity index (χ3n) is 2.05. The van der Waals surface area contributed by atoms with Crippen molar-refractivity contribution in [3.05, 3.63) is 0 Å². The molecule has 1 aliphatic rings. The Balaban J connectivity index is 0.000001000. The van der Waals surface area contributed by atoms with Crippen molar-refractivity contribution in [3.8, 4) is 0 Å². The summed E-state index contributed by atoms with van der Waals surface area (Å²) in [4.78, 5) is 13.1. The summed E-state index contributed by atoms with van der Waals surface area (Å²) in [5, 5.41) is 0. The van der Waals surface area contributed by atoms with Gasteiger partial charge in [-0.05, 0) is 19.8 Å². The second kappa shape index (κ2) is 5.42. The van der Waals surface area contributed by atoms with Crippen LogP contribution in [-0.4, -0.2) is 23.9 Å². The van der Waals surface area contributed by atoms with Crippen LogP contribution in [-0.2, 0) is 4.79 Å². The molecule has 1 saturated heterocycles. The number of hydrogen-bond acceptors (Lipinski definition) is 1. The smallest absolute Gasteiger partial charge is 0.222 e. The van der Waals surface area contributed by atoms with Crippen LogP contribution in [0.25, 0.3) is 0 Å². The lowest BCUT2D eigenvalue weighted by Crippen LogP contribution is -2.29. The zero-order valence-corrected chi connectivity index (χ0v) is 7.82. The van der Waals surface area contributed by atoms with Crippen LogP contribution in [0.15, 0.2) is 0 Å². The van der Waals surface area contributed by atoms with Gasteiger partial charge in [-0.15, -0.1) is 12.4 Å². The third kappa shape index (κ3) is 3.10. The van der Waals surface area contributed by atoms with Crippen molar-refractivity contribution in [1.82, 2.24) is 4.90 Å². The van der Waals surface area contributed by atoms with Crippen molar-refractivity contribution in [2.45, 2.75) is 32.6 Å². The SMILES string of the molecule is CCN1CCCCCC1=O.Cl. The number of halogens is 1. The lowest BCUT2D eigenvalue weighted by atomic mass is 10.2. The average Bonchev–Trinajstić information content (AvgIpc) is 2.13. The molecule has 0 aliphatic carbocycles. The van der Waals surface area contributed by atoms with Gasteiger partial charge in [-0.3, -0.25) is 4.79 Å². The van der Waals surface area contributed by atoms with Gasteiger partial charge in [-0.25, -0.2) is 0 Å². The molecule has 11 heavy (non-hydrogen) atoms. The summed E-state index contributed by atoms with van der Waals surface area (Å²) in [6.07, 6.45) is 4.28. The minimum atomic E-state index is 0. The van der Waals surface area contributed by atoms with Crippen LogP contribution in [0.3, 0.4) is 0 Å². The summed E-state index contributed by atoms with van der Waals surface area (Å²) in [7, 11) is 0. The molecule has 0 N–H and O–H groups in total. The Kier molecular flexibility index (Phi) is 5.30. The fourth-order valence-corrected chi connectivity index (χ4v) is 1.37. The molecule has 0 aromatic carbocycles. The van der Waals surface area contributed by atoms with E-state index in [9.17, 15) is 4.79 Å². The van der Waals surface area contributed by atoms with E-state index in [4.69, 9.17) is 0 Å². The minimum Gasteiger partial charge on any atom is -0.343 e. The summed E-state index contributed by atoms with van der Waals surface area (Å²) in [6.45, 7) is 3.91. The van der Waals surface area contributed by atoms with Gasteiger partial charge in [0, 0.05) is 19.5 Å². The molecular weight excluding hydrogens is 162 g/mol. The van der Waals surface area contributed by atoms with Crippen LogP contribution < -0.4 is 0 Å². The Labute approximate surface area is 74.4 Å². The third-order valence-corrected chi connectivity index (χ3v) is 2.05. The highest BCUT2D eigenvalue weighted by Gasteiger charge is 2.13. The lowest BCUT2D eigenvalue weighted by molar-refractivity contribution is -0.130. The number of likely N-dealkylation sites (tertiary alicyclic amines) is 1. The normalized spacial score (nSPS) is 19.0. The van der Waals surface area contributed by atoms with Crippen LogP contribution >= 0.6 is 12.4 Å². The molecule has 0 unspecified atom stereocenters. The number of hydrogen-bond donors (Lipinski definition) is 0. The molecule has 0 atom stereocenters. The van der Waals surface area contributed by atoms with Gasteiger partial charge < -0.3 is 4.90 Å². The molecule has 0 spiro atoms. The van der Waals surface area contributed by atoms with Crippen molar-refractivity contribution in [1.29, 1.82) is 0 Å². The first kappa shape index (κ1) is 10.8. The molecule has 0 saturated carbocycles.